The van der Waals surface area contributed by atoms with E-state index in [0.29, 0.717) is 0 Å². The molecule has 1 fully saturated rings. The summed E-state index contributed by atoms with van der Waals surface area (Å²) in [7, 11) is 0. The van der Waals surface area contributed by atoms with Gasteiger partial charge in [-0.05, 0) is 0 Å². The molecule has 1 atom stereocenters. The Kier molecular flexibility index (Phi) is 1.59. The highest BCUT2D eigenvalue weighted by atomic mass is 19.4. The maximum atomic E-state index is 11.8. The van der Waals surface area contributed by atoms with Gasteiger partial charge in [0.25, 0.3) is 0 Å². The Bertz CT molecular complexity index is 188. The molecule has 1 N–H and O–H groups in total. The summed E-state index contributed by atoms with van der Waals surface area (Å²) in [4.78, 5) is 10.2. The average Bonchev–Trinajstić information content (AvgIpc) is 2.10. The Labute approximate surface area is 59.8 Å². The fourth-order valence-corrected chi connectivity index (χ4v) is 0.761. The number of rotatable bonds is 0. The number of alkyl halides is 3. The molecule has 0 spiro atoms. The largest absolute Gasteiger partial charge is 0.455 e. The third kappa shape index (κ3) is 1.30. The van der Waals surface area contributed by atoms with Crippen LogP contribution >= 0.6 is 0 Å². The fraction of sp³-hybridized carbons (Fsp3) is 0.800. The Morgan fingerprint density at radius 1 is 1.55 bits per heavy atom. The molecule has 1 unspecified atom stereocenters. The van der Waals surface area contributed by atoms with Gasteiger partial charge in [-0.25, -0.2) is 0 Å². The van der Waals surface area contributed by atoms with E-state index < -0.39 is 30.8 Å². The summed E-state index contributed by atoms with van der Waals surface area (Å²) in [6, 6.07) is 0. The molecule has 0 aliphatic carbocycles. The van der Waals surface area contributed by atoms with Crippen molar-refractivity contribution in [1.82, 2.24) is 0 Å². The van der Waals surface area contributed by atoms with Crippen LogP contribution in [0.3, 0.4) is 0 Å². The van der Waals surface area contributed by atoms with Crippen molar-refractivity contribution in [2.45, 2.75) is 24.8 Å². The van der Waals surface area contributed by atoms with E-state index in [1.165, 1.54) is 0 Å². The summed E-state index contributed by atoms with van der Waals surface area (Å²) in [5.74, 6) is -4.27. The summed E-state index contributed by atoms with van der Waals surface area (Å²) in [6.07, 6.45) is -6.00. The first kappa shape index (κ1) is 8.32. The molecule has 1 saturated heterocycles. The van der Waals surface area contributed by atoms with Gasteiger partial charge in [0.15, 0.2) is 0 Å². The van der Waals surface area contributed by atoms with Crippen LogP contribution < -0.4 is 0 Å². The number of cyclic esters (lactones) is 1. The van der Waals surface area contributed by atoms with Crippen LogP contribution in [0.4, 0.5) is 13.2 Å². The van der Waals surface area contributed by atoms with Crippen molar-refractivity contribution in [3.8, 4) is 0 Å². The molecule has 1 aliphatic rings. The van der Waals surface area contributed by atoms with E-state index in [1.807, 2.05) is 0 Å². The van der Waals surface area contributed by atoms with Crippen molar-refractivity contribution in [3.05, 3.63) is 0 Å². The topological polar surface area (TPSA) is 46.5 Å². The van der Waals surface area contributed by atoms with Crippen molar-refractivity contribution >= 4 is 5.97 Å². The molecule has 0 aromatic carbocycles. The van der Waals surface area contributed by atoms with Gasteiger partial charge in [-0.15, -0.1) is 0 Å². The number of halogens is 3. The lowest BCUT2D eigenvalue weighted by atomic mass is 10.2. The lowest BCUT2D eigenvalue weighted by Crippen LogP contribution is -2.44. The van der Waals surface area contributed by atoms with E-state index in [0.717, 1.165) is 0 Å². The summed E-state index contributed by atoms with van der Waals surface area (Å²) >= 11 is 0. The number of carbonyl (C=O) groups is 1. The number of esters is 1. The maximum Gasteiger partial charge on any atom is 0.455 e. The van der Waals surface area contributed by atoms with E-state index in [1.54, 1.807) is 0 Å². The molecule has 0 radical (unpaired) electrons. The highest BCUT2D eigenvalue weighted by Crippen LogP contribution is 2.38. The van der Waals surface area contributed by atoms with E-state index >= 15 is 0 Å². The van der Waals surface area contributed by atoms with Gasteiger partial charge < -0.3 is 9.84 Å². The maximum absolute atomic E-state index is 11.8. The third-order valence-electron chi connectivity index (χ3n) is 1.39. The Balaban J connectivity index is 2.77. The van der Waals surface area contributed by atoms with E-state index in [2.05, 4.69) is 4.74 Å². The number of aliphatic hydroxyl groups is 1. The molecule has 11 heavy (non-hydrogen) atoms. The molecule has 0 amide bonds. The Hall–Kier alpha value is -0.780. The predicted octanol–water partition coefficient (Wildman–Crippen LogP) is 0.574. The number of ether oxygens (including phenoxy) is 1. The van der Waals surface area contributed by atoms with Gasteiger partial charge in [0, 0.05) is 6.42 Å². The van der Waals surface area contributed by atoms with E-state index in [-0.39, 0.29) is 0 Å². The second kappa shape index (κ2) is 2.10. The molecule has 1 rings (SSSR count). The highest BCUT2D eigenvalue weighted by Gasteiger charge is 2.60. The van der Waals surface area contributed by atoms with Gasteiger partial charge in [0.2, 0.25) is 0 Å². The van der Waals surface area contributed by atoms with Crippen LogP contribution in [0.25, 0.3) is 0 Å². The minimum Gasteiger partial charge on any atom is -0.423 e. The molecule has 3 nitrogen and oxygen atoms in total. The second-order valence-corrected chi connectivity index (χ2v) is 2.26. The van der Waals surface area contributed by atoms with Crippen LogP contribution in [-0.4, -0.2) is 23.0 Å². The molecule has 1 aliphatic heterocycles. The van der Waals surface area contributed by atoms with Crippen molar-refractivity contribution in [2.75, 3.05) is 0 Å². The van der Waals surface area contributed by atoms with Crippen LogP contribution in [0.5, 0.6) is 0 Å². The lowest BCUT2D eigenvalue weighted by Gasteiger charge is -2.23. The molecule has 0 saturated carbocycles. The molecule has 0 bridgehead atoms. The Morgan fingerprint density at radius 3 is 2.27 bits per heavy atom. The van der Waals surface area contributed by atoms with Crippen molar-refractivity contribution < 1.29 is 27.8 Å². The summed E-state index contributed by atoms with van der Waals surface area (Å²) in [5, 5.41) is 8.63. The van der Waals surface area contributed by atoms with Crippen LogP contribution in [0.15, 0.2) is 0 Å². The first-order valence-corrected chi connectivity index (χ1v) is 2.86. The van der Waals surface area contributed by atoms with Crippen LogP contribution in [0.1, 0.15) is 12.8 Å². The molecule has 1 heterocycles. The highest BCUT2D eigenvalue weighted by molar-refractivity contribution is 5.72. The van der Waals surface area contributed by atoms with Crippen LogP contribution in [-0.2, 0) is 9.53 Å². The monoisotopic (exact) mass is 170 g/mol. The molecule has 64 valence electrons. The van der Waals surface area contributed by atoms with E-state index in [9.17, 15) is 18.0 Å². The number of hydrogen-bond donors (Lipinski definition) is 1. The quantitative estimate of drug-likeness (QED) is 0.540. The SMILES string of the molecule is O=C1CCC(O)(C(F)(F)F)O1. The number of carbonyl (C=O) groups excluding carboxylic acids is 1. The average molecular weight is 170 g/mol. The zero-order chi connectivity index (χ0) is 8.70. The first-order valence-electron chi connectivity index (χ1n) is 2.86. The standard InChI is InChI=1S/C5H5F3O3/c6-5(7,8)4(10)2-1-3(9)11-4/h10H,1-2H2. The zero-order valence-electron chi connectivity index (χ0n) is 5.31. The van der Waals surface area contributed by atoms with E-state index in [4.69, 9.17) is 5.11 Å². The van der Waals surface area contributed by atoms with Gasteiger partial charge in [-0.3, -0.25) is 4.79 Å². The van der Waals surface area contributed by atoms with Gasteiger partial charge in [-0.2, -0.15) is 13.2 Å². The van der Waals surface area contributed by atoms with Crippen LogP contribution in [0, 0.1) is 0 Å². The molecule has 0 aromatic heterocycles. The van der Waals surface area contributed by atoms with Gasteiger partial charge >= 0.3 is 17.9 Å². The van der Waals surface area contributed by atoms with Gasteiger partial charge in [0.05, 0.1) is 6.42 Å². The Morgan fingerprint density at radius 2 is 2.09 bits per heavy atom. The summed E-state index contributed by atoms with van der Waals surface area (Å²) in [6.45, 7) is 0. The molecule has 0 aromatic rings. The zero-order valence-corrected chi connectivity index (χ0v) is 5.31. The lowest BCUT2D eigenvalue weighted by molar-refractivity contribution is -0.340. The van der Waals surface area contributed by atoms with Crippen LogP contribution in [0.2, 0.25) is 0 Å². The van der Waals surface area contributed by atoms with Crippen molar-refractivity contribution in [1.29, 1.82) is 0 Å². The van der Waals surface area contributed by atoms with Crippen molar-refractivity contribution in [2.24, 2.45) is 0 Å². The third-order valence-corrected chi connectivity index (χ3v) is 1.39. The normalized spacial score (nSPS) is 32.2. The minimum atomic E-state index is -4.89. The summed E-state index contributed by atoms with van der Waals surface area (Å²) < 4.78 is 39.1. The first-order chi connectivity index (χ1) is 4.85. The smallest absolute Gasteiger partial charge is 0.423 e. The minimum absolute atomic E-state index is 0.393. The summed E-state index contributed by atoms with van der Waals surface area (Å²) in [5.41, 5.74) is 0. The van der Waals surface area contributed by atoms with Crippen molar-refractivity contribution in [3.63, 3.8) is 0 Å². The number of hydrogen-bond acceptors (Lipinski definition) is 3. The molecular formula is C5H5F3O3. The van der Waals surface area contributed by atoms with Gasteiger partial charge in [-0.1, -0.05) is 0 Å². The van der Waals surface area contributed by atoms with Gasteiger partial charge in [0.1, 0.15) is 0 Å². The predicted molar refractivity (Wildman–Crippen MR) is 26.3 cm³/mol. The molecular weight excluding hydrogens is 165 g/mol. The second-order valence-electron chi connectivity index (χ2n) is 2.26. The molecule has 6 heteroatoms. The fourth-order valence-electron chi connectivity index (χ4n) is 0.761.